The molecule has 1 heterocycles. The fraction of sp³-hybridized carbons (Fsp3) is 0.154. The van der Waals surface area contributed by atoms with E-state index in [4.69, 9.17) is 10.00 Å². The molecule has 2 aromatic rings. The van der Waals surface area contributed by atoms with Crippen molar-refractivity contribution in [3.63, 3.8) is 0 Å². The van der Waals surface area contributed by atoms with Crippen molar-refractivity contribution in [1.82, 2.24) is 9.97 Å². The van der Waals surface area contributed by atoms with E-state index in [-0.39, 0.29) is 5.69 Å². The quantitative estimate of drug-likeness (QED) is 0.887. The molecule has 0 radical (unpaired) electrons. The van der Waals surface area contributed by atoms with Crippen molar-refractivity contribution in [2.24, 2.45) is 0 Å². The Balaban J connectivity index is 2.23. The molecule has 90 valence electrons. The van der Waals surface area contributed by atoms with Gasteiger partial charge in [0.1, 0.15) is 6.07 Å². The number of nitrogens with one attached hydrogen (secondary N) is 1. The molecule has 0 saturated heterocycles. The van der Waals surface area contributed by atoms with Crippen LogP contribution in [-0.4, -0.2) is 17.1 Å². The normalized spacial score (nSPS) is 9.78. The van der Waals surface area contributed by atoms with Gasteiger partial charge in [0.15, 0.2) is 11.5 Å². The Morgan fingerprint density at radius 2 is 2.17 bits per heavy atom. The molecular formula is C13H12N4O. The maximum absolute atomic E-state index is 8.92. The van der Waals surface area contributed by atoms with Gasteiger partial charge in [-0.2, -0.15) is 5.26 Å². The summed E-state index contributed by atoms with van der Waals surface area (Å²) >= 11 is 0. The molecule has 1 aromatic heterocycles. The molecule has 0 fully saturated rings. The van der Waals surface area contributed by atoms with E-state index in [1.165, 1.54) is 6.20 Å². The van der Waals surface area contributed by atoms with Gasteiger partial charge in [0.05, 0.1) is 6.61 Å². The lowest BCUT2D eigenvalue weighted by atomic mass is 10.2. The number of benzene rings is 1. The standard InChI is InChI=1S/C13H12N4O/c1-18-9-10-3-2-4-11(7-10)17-13-12(8-14)15-5-6-16-13/h2-7H,9H2,1H3,(H,16,17). The number of rotatable bonds is 4. The van der Waals surface area contributed by atoms with E-state index in [1.54, 1.807) is 13.3 Å². The third-order valence-corrected chi connectivity index (χ3v) is 2.30. The van der Waals surface area contributed by atoms with Crippen LogP contribution in [0.15, 0.2) is 36.7 Å². The van der Waals surface area contributed by atoms with E-state index >= 15 is 0 Å². The van der Waals surface area contributed by atoms with E-state index in [2.05, 4.69) is 15.3 Å². The molecule has 2 rings (SSSR count). The summed E-state index contributed by atoms with van der Waals surface area (Å²) in [5.74, 6) is 0.453. The highest BCUT2D eigenvalue weighted by molar-refractivity contribution is 5.60. The Kier molecular flexibility index (Phi) is 3.84. The third kappa shape index (κ3) is 2.81. The summed E-state index contributed by atoms with van der Waals surface area (Å²) in [6.45, 7) is 0.543. The predicted molar refractivity (Wildman–Crippen MR) is 67.2 cm³/mol. The lowest BCUT2D eigenvalue weighted by molar-refractivity contribution is 0.185. The van der Waals surface area contributed by atoms with Gasteiger partial charge < -0.3 is 10.1 Å². The number of ether oxygens (including phenoxy) is 1. The molecule has 0 saturated carbocycles. The summed E-state index contributed by atoms with van der Waals surface area (Å²) in [6.07, 6.45) is 3.03. The first-order valence-corrected chi connectivity index (χ1v) is 5.39. The highest BCUT2D eigenvalue weighted by Crippen LogP contribution is 2.17. The monoisotopic (exact) mass is 240 g/mol. The molecular weight excluding hydrogens is 228 g/mol. The highest BCUT2D eigenvalue weighted by atomic mass is 16.5. The molecule has 0 bridgehead atoms. The van der Waals surface area contributed by atoms with E-state index in [0.717, 1.165) is 11.3 Å². The van der Waals surface area contributed by atoms with Gasteiger partial charge in [-0.3, -0.25) is 0 Å². The number of methoxy groups -OCH3 is 1. The summed E-state index contributed by atoms with van der Waals surface area (Å²) < 4.78 is 5.07. The van der Waals surface area contributed by atoms with Crippen LogP contribution in [0.5, 0.6) is 0 Å². The van der Waals surface area contributed by atoms with Crippen LogP contribution in [0.1, 0.15) is 11.3 Å². The smallest absolute Gasteiger partial charge is 0.183 e. The van der Waals surface area contributed by atoms with Crippen LogP contribution >= 0.6 is 0 Å². The number of nitriles is 1. The molecule has 0 aliphatic carbocycles. The molecule has 0 atom stereocenters. The lowest BCUT2D eigenvalue weighted by Gasteiger charge is -2.07. The number of hydrogen-bond donors (Lipinski definition) is 1. The average molecular weight is 240 g/mol. The van der Waals surface area contributed by atoms with Gasteiger partial charge in [0.25, 0.3) is 0 Å². The largest absolute Gasteiger partial charge is 0.380 e. The first-order chi connectivity index (χ1) is 8.83. The first-order valence-electron chi connectivity index (χ1n) is 5.39. The second-order valence-electron chi connectivity index (χ2n) is 3.62. The molecule has 0 amide bonds. The van der Waals surface area contributed by atoms with Crippen molar-refractivity contribution in [3.05, 3.63) is 47.9 Å². The molecule has 0 aliphatic rings. The summed E-state index contributed by atoms with van der Waals surface area (Å²) in [4.78, 5) is 8.03. The van der Waals surface area contributed by atoms with Crippen LogP contribution in [0.4, 0.5) is 11.5 Å². The van der Waals surface area contributed by atoms with Crippen LogP contribution in [0.3, 0.4) is 0 Å². The molecule has 5 nitrogen and oxygen atoms in total. The number of aromatic nitrogens is 2. The molecule has 5 heteroatoms. The topological polar surface area (TPSA) is 70.8 Å². The number of nitrogens with zero attached hydrogens (tertiary/aromatic N) is 3. The van der Waals surface area contributed by atoms with Crippen LogP contribution in [0.25, 0.3) is 0 Å². The average Bonchev–Trinajstić information content (AvgIpc) is 2.40. The van der Waals surface area contributed by atoms with E-state index in [1.807, 2.05) is 30.3 Å². The summed E-state index contributed by atoms with van der Waals surface area (Å²) in [6, 6.07) is 9.72. The zero-order chi connectivity index (χ0) is 12.8. The second-order valence-corrected chi connectivity index (χ2v) is 3.62. The van der Waals surface area contributed by atoms with Gasteiger partial charge in [-0.1, -0.05) is 12.1 Å². The summed E-state index contributed by atoms with van der Waals surface area (Å²) in [7, 11) is 1.65. The third-order valence-electron chi connectivity index (χ3n) is 2.30. The maximum atomic E-state index is 8.92. The van der Waals surface area contributed by atoms with Gasteiger partial charge in [-0.15, -0.1) is 0 Å². The Morgan fingerprint density at radius 3 is 2.94 bits per heavy atom. The first kappa shape index (κ1) is 12.0. The molecule has 1 aromatic carbocycles. The number of anilines is 2. The maximum Gasteiger partial charge on any atom is 0.183 e. The number of hydrogen-bond acceptors (Lipinski definition) is 5. The van der Waals surface area contributed by atoms with E-state index < -0.39 is 0 Å². The Labute approximate surface area is 105 Å². The van der Waals surface area contributed by atoms with Gasteiger partial charge in [0.2, 0.25) is 0 Å². The van der Waals surface area contributed by atoms with Crippen LogP contribution in [0, 0.1) is 11.3 Å². The lowest BCUT2D eigenvalue weighted by Crippen LogP contribution is -1.99. The van der Waals surface area contributed by atoms with Gasteiger partial charge >= 0.3 is 0 Å². The van der Waals surface area contributed by atoms with E-state index in [0.29, 0.717) is 12.4 Å². The summed E-state index contributed by atoms with van der Waals surface area (Å²) in [5.41, 5.74) is 2.17. The van der Waals surface area contributed by atoms with Crippen molar-refractivity contribution in [2.45, 2.75) is 6.61 Å². The molecule has 0 aliphatic heterocycles. The highest BCUT2D eigenvalue weighted by Gasteiger charge is 2.04. The minimum Gasteiger partial charge on any atom is -0.380 e. The van der Waals surface area contributed by atoms with Crippen LogP contribution in [0.2, 0.25) is 0 Å². The van der Waals surface area contributed by atoms with Crippen molar-refractivity contribution < 1.29 is 4.74 Å². The molecule has 0 spiro atoms. The summed E-state index contributed by atoms with van der Waals surface area (Å²) in [5, 5.41) is 12.0. The molecule has 1 N–H and O–H groups in total. The Hall–Kier alpha value is -2.45. The Morgan fingerprint density at radius 1 is 1.33 bits per heavy atom. The van der Waals surface area contributed by atoms with Gasteiger partial charge in [-0.25, -0.2) is 9.97 Å². The Bertz CT molecular complexity index is 577. The van der Waals surface area contributed by atoms with Gasteiger partial charge in [-0.05, 0) is 17.7 Å². The van der Waals surface area contributed by atoms with Crippen molar-refractivity contribution in [1.29, 1.82) is 5.26 Å². The molecule has 0 unspecified atom stereocenters. The van der Waals surface area contributed by atoms with Crippen molar-refractivity contribution in [3.8, 4) is 6.07 Å². The fourth-order valence-electron chi connectivity index (χ4n) is 1.55. The van der Waals surface area contributed by atoms with E-state index in [9.17, 15) is 0 Å². The van der Waals surface area contributed by atoms with Gasteiger partial charge in [0, 0.05) is 25.2 Å². The molecule has 18 heavy (non-hydrogen) atoms. The predicted octanol–water partition coefficient (Wildman–Crippen LogP) is 2.24. The zero-order valence-corrected chi connectivity index (χ0v) is 9.92. The fourth-order valence-corrected chi connectivity index (χ4v) is 1.55. The minimum absolute atomic E-state index is 0.273. The second kappa shape index (κ2) is 5.75. The van der Waals surface area contributed by atoms with Crippen LogP contribution in [-0.2, 0) is 11.3 Å². The van der Waals surface area contributed by atoms with Crippen molar-refractivity contribution >= 4 is 11.5 Å². The zero-order valence-electron chi connectivity index (χ0n) is 9.92. The van der Waals surface area contributed by atoms with Crippen molar-refractivity contribution in [2.75, 3.05) is 12.4 Å². The van der Waals surface area contributed by atoms with Crippen LogP contribution < -0.4 is 5.32 Å². The minimum atomic E-state index is 0.273. The SMILES string of the molecule is COCc1cccc(Nc2nccnc2C#N)c1.